The van der Waals surface area contributed by atoms with Gasteiger partial charge in [0, 0.05) is 25.3 Å². The van der Waals surface area contributed by atoms with Crippen LogP contribution >= 0.6 is 11.3 Å². The van der Waals surface area contributed by atoms with Crippen molar-refractivity contribution in [2.75, 3.05) is 6.54 Å². The summed E-state index contributed by atoms with van der Waals surface area (Å²) in [6.45, 7) is 4.26. The van der Waals surface area contributed by atoms with Gasteiger partial charge in [-0.25, -0.2) is 18.2 Å². The van der Waals surface area contributed by atoms with Crippen LogP contribution < -0.4 is 21.3 Å². The molecule has 2 heterocycles. The van der Waals surface area contributed by atoms with Crippen LogP contribution in [-0.2, 0) is 19.2 Å². The molecule has 1 aliphatic carbocycles. The van der Waals surface area contributed by atoms with Gasteiger partial charge in [0.25, 0.3) is 5.92 Å². The lowest BCUT2D eigenvalue weighted by Crippen LogP contribution is -2.65. The van der Waals surface area contributed by atoms with Crippen molar-refractivity contribution in [3.05, 3.63) is 29.0 Å². The molecule has 2 aliphatic rings. The number of benzene rings is 1. The number of Topliss-reactive ketones (excluding diaryl/α,β-unsaturated/α-hetero) is 1. The van der Waals surface area contributed by atoms with Crippen molar-refractivity contribution >= 4 is 51.0 Å². The number of hydrogen-bond acceptors (Lipinski definition) is 7. The number of carbonyl (C=O) groups is 5. The minimum absolute atomic E-state index is 0.108. The number of halogens is 6. The normalized spacial score (nSPS) is 22.9. The van der Waals surface area contributed by atoms with Gasteiger partial charge in [0.1, 0.15) is 22.9 Å². The second kappa shape index (κ2) is 12.2. The van der Waals surface area contributed by atoms with Crippen LogP contribution in [0.5, 0.6) is 0 Å². The Morgan fingerprint density at radius 3 is 2.33 bits per heavy atom. The van der Waals surface area contributed by atoms with Crippen molar-refractivity contribution in [1.29, 1.82) is 0 Å². The molecule has 1 unspecified atom stereocenters. The fourth-order valence-electron chi connectivity index (χ4n) is 5.42. The van der Waals surface area contributed by atoms with Crippen molar-refractivity contribution in [3.8, 4) is 0 Å². The fraction of sp³-hybridized carbons (Fsp3) is 0.571. The number of ketones is 1. The van der Waals surface area contributed by atoms with E-state index < -0.39 is 95.5 Å². The molecule has 4 amide bonds. The summed E-state index contributed by atoms with van der Waals surface area (Å²) in [5.74, 6) is -11.2. The molecule has 0 bridgehead atoms. The zero-order valence-corrected chi connectivity index (χ0v) is 25.2. The standard InChI is InChI=1S/C28H31F6N5O5S/c1-25(2,3)19(38-24(44)28(32,33)34)21(42)39-26(8-9-27(30,31)12-26)23(43)36-15(11-13-7-10-35-20(13)41)18(40)22-37-17-14(29)5-4-6-16(17)45-22/h4-6,13,15,19H,7-12H2,1-3H3,(H,35,41)(H,36,43)(H,38,44)(H,39,42)/t13-,15-,19+,26?/m0/s1. The number of thiazole rings is 1. The Morgan fingerprint density at radius 2 is 1.80 bits per heavy atom. The number of nitrogens with one attached hydrogen (secondary N) is 4. The average molecular weight is 664 g/mol. The first-order valence-corrected chi connectivity index (χ1v) is 14.8. The molecule has 4 rings (SSSR count). The maximum atomic E-state index is 14.6. The zero-order chi connectivity index (χ0) is 33.5. The Bertz CT molecular complexity index is 1520. The summed E-state index contributed by atoms with van der Waals surface area (Å²) >= 11 is 0.815. The molecule has 1 saturated carbocycles. The number of nitrogens with zero attached hydrogens (tertiary/aromatic N) is 1. The van der Waals surface area contributed by atoms with Crippen LogP contribution in [0.15, 0.2) is 18.2 Å². The number of hydrogen-bond donors (Lipinski definition) is 4. The molecule has 45 heavy (non-hydrogen) atoms. The van der Waals surface area contributed by atoms with Crippen LogP contribution in [-0.4, -0.2) is 70.7 Å². The number of alkyl halides is 5. The molecule has 246 valence electrons. The summed E-state index contributed by atoms with van der Waals surface area (Å²) in [5, 5.41) is 8.47. The molecule has 1 saturated heterocycles. The summed E-state index contributed by atoms with van der Waals surface area (Å²) in [4.78, 5) is 68.9. The van der Waals surface area contributed by atoms with E-state index >= 15 is 0 Å². The molecule has 0 radical (unpaired) electrons. The summed E-state index contributed by atoms with van der Waals surface area (Å²) in [7, 11) is 0. The molecule has 10 nitrogen and oxygen atoms in total. The molecule has 2 fully saturated rings. The van der Waals surface area contributed by atoms with Crippen LogP contribution in [0.2, 0.25) is 0 Å². The van der Waals surface area contributed by atoms with Crippen LogP contribution in [0.25, 0.3) is 10.2 Å². The van der Waals surface area contributed by atoms with Crippen molar-refractivity contribution in [1.82, 2.24) is 26.3 Å². The molecule has 1 aromatic heterocycles. The number of carbonyl (C=O) groups excluding carboxylic acids is 5. The Hall–Kier alpha value is -3.76. The van der Waals surface area contributed by atoms with Crippen molar-refractivity contribution in [2.24, 2.45) is 11.3 Å². The van der Waals surface area contributed by atoms with Gasteiger partial charge in [0.15, 0.2) is 5.01 Å². The molecule has 1 aromatic carbocycles. The summed E-state index contributed by atoms with van der Waals surface area (Å²) in [5.41, 5.74) is -3.87. The number of rotatable bonds is 9. The molecular formula is C28H31F6N5O5S. The largest absolute Gasteiger partial charge is 0.471 e. The van der Waals surface area contributed by atoms with E-state index in [-0.39, 0.29) is 23.5 Å². The van der Waals surface area contributed by atoms with Crippen molar-refractivity contribution in [3.63, 3.8) is 0 Å². The van der Waals surface area contributed by atoms with E-state index in [9.17, 15) is 50.3 Å². The topological polar surface area (TPSA) is 146 Å². The van der Waals surface area contributed by atoms with Gasteiger partial charge < -0.3 is 21.3 Å². The van der Waals surface area contributed by atoms with Crippen molar-refractivity contribution in [2.45, 2.75) is 82.6 Å². The highest BCUT2D eigenvalue weighted by Gasteiger charge is 2.56. The van der Waals surface area contributed by atoms with Gasteiger partial charge in [0.2, 0.25) is 23.5 Å². The van der Waals surface area contributed by atoms with Crippen LogP contribution in [0, 0.1) is 17.2 Å². The number of amides is 4. The lowest BCUT2D eigenvalue weighted by Gasteiger charge is -2.36. The Balaban J connectivity index is 1.66. The fourth-order valence-corrected chi connectivity index (χ4v) is 6.39. The van der Waals surface area contributed by atoms with Crippen LogP contribution in [0.4, 0.5) is 26.3 Å². The third-order valence-corrected chi connectivity index (χ3v) is 8.86. The molecule has 17 heteroatoms. The van der Waals surface area contributed by atoms with Gasteiger partial charge in [-0.3, -0.25) is 24.0 Å². The minimum atomic E-state index is -5.36. The Kier molecular flexibility index (Phi) is 9.26. The van der Waals surface area contributed by atoms with Gasteiger partial charge >= 0.3 is 12.1 Å². The highest BCUT2D eigenvalue weighted by atomic mass is 32.1. The molecule has 1 aliphatic heterocycles. The first kappa shape index (κ1) is 34.1. The zero-order valence-electron chi connectivity index (χ0n) is 24.4. The second-order valence-electron chi connectivity index (χ2n) is 12.4. The maximum absolute atomic E-state index is 14.6. The highest BCUT2D eigenvalue weighted by Crippen LogP contribution is 2.42. The lowest BCUT2D eigenvalue weighted by molar-refractivity contribution is -0.175. The maximum Gasteiger partial charge on any atom is 0.471 e. The predicted octanol–water partition coefficient (Wildman–Crippen LogP) is 3.40. The van der Waals surface area contributed by atoms with Gasteiger partial charge in [-0.2, -0.15) is 13.2 Å². The van der Waals surface area contributed by atoms with E-state index in [1.165, 1.54) is 32.9 Å². The van der Waals surface area contributed by atoms with Crippen molar-refractivity contribution < 1.29 is 50.3 Å². The minimum Gasteiger partial charge on any atom is -0.356 e. The van der Waals surface area contributed by atoms with E-state index in [0.717, 1.165) is 17.4 Å². The summed E-state index contributed by atoms with van der Waals surface area (Å²) in [6, 6.07) is 0.622. The highest BCUT2D eigenvalue weighted by molar-refractivity contribution is 7.20. The van der Waals surface area contributed by atoms with Crippen LogP contribution in [0.3, 0.4) is 0 Å². The summed E-state index contributed by atoms with van der Waals surface area (Å²) in [6.07, 6.45) is -8.13. The van der Waals surface area contributed by atoms with E-state index in [1.807, 2.05) is 0 Å². The Labute approximate surface area is 257 Å². The van der Waals surface area contributed by atoms with E-state index in [0.29, 0.717) is 11.1 Å². The monoisotopic (exact) mass is 663 g/mol. The van der Waals surface area contributed by atoms with Gasteiger partial charge in [0.05, 0.1) is 10.7 Å². The third-order valence-electron chi connectivity index (χ3n) is 7.82. The smallest absolute Gasteiger partial charge is 0.356 e. The van der Waals surface area contributed by atoms with Gasteiger partial charge in [-0.1, -0.05) is 26.8 Å². The van der Waals surface area contributed by atoms with Gasteiger partial charge in [-0.15, -0.1) is 11.3 Å². The number of aromatic nitrogens is 1. The Morgan fingerprint density at radius 1 is 1.11 bits per heavy atom. The van der Waals surface area contributed by atoms with Crippen LogP contribution in [0.1, 0.15) is 62.7 Å². The third kappa shape index (κ3) is 7.56. The molecule has 4 N–H and O–H groups in total. The second-order valence-corrected chi connectivity index (χ2v) is 13.4. The number of para-hydroxylation sites is 1. The molecular weight excluding hydrogens is 632 g/mol. The van der Waals surface area contributed by atoms with Gasteiger partial charge in [-0.05, 0) is 36.8 Å². The SMILES string of the molecule is CC(C)(C)[C@H](NC(=O)C(F)(F)F)C(=O)NC1(C(=O)N[C@@H](C[C@@H]2CCNC2=O)C(=O)c2nc3c(F)cccc3s2)CCC(F)(F)C1. The number of fused-ring (bicyclic) bond motifs is 1. The van der Waals surface area contributed by atoms with E-state index in [1.54, 1.807) is 5.32 Å². The van der Waals surface area contributed by atoms with E-state index in [2.05, 4.69) is 20.9 Å². The molecule has 2 aromatic rings. The average Bonchev–Trinajstić information content (AvgIpc) is 3.62. The summed E-state index contributed by atoms with van der Waals surface area (Å²) < 4.78 is 83.0. The molecule has 4 atom stereocenters. The first-order valence-electron chi connectivity index (χ1n) is 14.0. The first-order chi connectivity index (χ1) is 20.7. The lowest BCUT2D eigenvalue weighted by atomic mass is 9.84. The quantitative estimate of drug-likeness (QED) is 0.239. The predicted molar refractivity (Wildman–Crippen MR) is 149 cm³/mol. The molecule has 0 spiro atoms. The van der Waals surface area contributed by atoms with E-state index in [4.69, 9.17) is 0 Å².